The third-order valence-corrected chi connectivity index (χ3v) is 6.34. The summed E-state index contributed by atoms with van der Waals surface area (Å²) < 4.78 is 28.0. The van der Waals surface area contributed by atoms with Crippen molar-refractivity contribution in [1.82, 2.24) is 4.31 Å². The second-order valence-electron chi connectivity index (χ2n) is 4.63. The fraction of sp³-hybridized carbons (Fsp3) is 0.417. The number of nitrogens with two attached hydrogens (primary N) is 1. The lowest BCUT2D eigenvalue weighted by Crippen LogP contribution is -2.39. The molecule has 0 saturated heterocycles. The summed E-state index contributed by atoms with van der Waals surface area (Å²) in [6.45, 7) is 3.68. The molecule has 0 fully saturated rings. The highest BCUT2D eigenvalue weighted by atomic mass is 79.9. The van der Waals surface area contributed by atoms with Gasteiger partial charge in [0.2, 0.25) is 10.0 Å². The zero-order chi connectivity index (χ0) is 16.2. The molecule has 0 spiro atoms. The zero-order valence-electron chi connectivity index (χ0n) is 11.6. The topological polar surface area (TPSA) is 96.0 Å². The highest BCUT2D eigenvalue weighted by Gasteiger charge is 2.29. The fourth-order valence-electron chi connectivity index (χ4n) is 1.73. The first-order valence-electron chi connectivity index (χ1n) is 6.13. The molecule has 21 heavy (non-hydrogen) atoms. The molecule has 0 aromatic heterocycles. The maximum atomic E-state index is 12.8. The summed E-state index contributed by atoms with van der Waals surface area (Å²) in [7, 11) is -3.69. The molecule has 1 rings (SSSR count). The molecule has 0 heterocycles. The van der Waals surface area contributed by atoms with Gasteiger partial charge in [0.1, 0.15) is 5.84 Å². The summed E-state index contributed by atoms with van der Waals surface area (Å²) in [4.78, 5) is 0.171. The van der Waals surface area contributed by atoms with E-state index in [2.05, 4.69) is 37.0 Å². The van der Waals surface area contributed by atoms with Crippen LogP contribution in [0.3, 0.4) is 0 Å². The molecule has 0 aliphatic rings. The molecule has 118 valence electrons. The van der Waals surface area contributed by atoms with Crippen LogP contribution < -0.4 is 5.73 Å². The number of hydrogen-bond acceptors (Lipinski definition) is 4. The predicted octanol–water partition coefficient (Wildman–Crippen LogP) is 2.75. The minimum absolute atomic E-state index is 0.0100. The van der Waals surface area contributed by atoms with E-state index in [1.165, 1.54) is 10.4 Å². The molecule has 3 N–H and O–H groups in total. The van der Waals surface area contributed by atoms with Crippen molar-refractivity contribution < 1.29 is 13.6 Å². The van der Waals surface area contributed by atoms with Crippen molar-refractivity contribution in [2.24, 2.45) is 10.9 Å². The Morgan fingerprint density at radius 2 is 2.05 bits per heavy atom. The Hall–Kier alpha value is -0.640. The molecule has 0 saturated carbocycles. The van der Waals surface area contributed by atoms with Crippen LogP contribution in [0.5, 0.6) is 0 Å². The number of rotatable bonds is 6. The number of sulfonamides is 1. The smallest absolute Gasteiger partial charge is 0.244 e. The molecular formula is C12H17Br2N3O3S. The van der Waals surface area contributed by atoms with E-state index in [4.69, 9.17) is 10.9 Å². The molecular weight excluding hydrogens is 426 g/mol. The van der Waals surface area contributed by atoms with Gasteiger partial charge < -0.3 is 10.9 Å². The third-order valence-electron chi connectivity index (χ3n) is 2.77. The molecule has 0 atom stereocenters. The number of hydrogen-bond donors (Lipinski definition) is 2. The highest BCUT2D eigenvalue weighted by molar-refractivity contribution is 9.11. The predicted molar refractivity (Wildman–Crippen MR) is 88.9 cm³/mol. The quantitative estimate of drug-likeness (QED) is 0.306. The Morgan fingerprint density at radius 1 is 1.43 bits per heavy atom. The molecule has 1 aromatic carbocycles. The van der Waals surface area contributed by atoms with Crippen molar-refractivity contribution in [2.45, 2.75) is 31.2 Å². The number of nitrogens with zero attached hydrogens (tertiary/aromatic N) is 2. The molecule has 1 aromatic rings. The Kier molecular flexibility index (Phi) is 6.64. The van der Waals surface area contributed by atoms with Crippen LogP contribution in [0.25, 0.3) is 0 Å². The Labute approximate surface area is 141 Å². The second kappa shape index (κ2) is 7.57. The molecule has 0 unspecified atom stereocenters. The standard InChI is InChI=1S/C12H17Br2N3O3S/c1-8(2)17(6-5-12(15)16-18)21(19,20)11-7-9(13)3-4-10(11)14/h3-4,7-8,18H,5-6H2,1-2H3,(H2,15,16). The molecule has 0 radical (unpaired) electrons. The van der Waals surface area contributed by atoms with Gasteiger partial charge in [-0.05, 0) is 48.0 Å². The number of oxime groups is 1. The van der Waals surface area contributed by atoms with Crippen molar-refractivity contribution in [3.8, 4) is 0 Å². The highest BCUT2D eigenvalue weighted by Crippen LogP contribution is 2.29. The molecule has 0 aliphatic carbocycles. The first kappa shape index (κ1) is 18.4. The minimum atomic E-state index is -3.69. The largest absolute Gasteiger partial charge is 0.409 e. The van der Waals surface area contributed by atoms with Gasteiger partial charge in [0.25, 0.3) is 0 Å². The number of halogens is 2. The first-order chi connectivity index (χ1) is 9.70. The molecule has 0 bridgehead atoms. The van der Waals surface area contributed by atoms with Gasteiger partial charge in [-0.15, -0.1) is 0 Å². The summed E-state index contributed by atoms with van der Waals surface area (Å²) in [5.74, 6) is -0.0100. The van der Waals surface area contributed by atoms with Crippen LogP contribution in [-0.2, 0) is 10.0 Å². The van der Waals surface area contributed by atoms with Crippen molar-refractivity contribution in [3.05, 3.63) is 27.1 Å². The van der Waals surface area contributed by atoms with E-state index in [1.54, 1.807) is 26.0 Å². The average molecular weight is 443 g/mol. The maximum Gasteiger partial charge on any atom is 0.244 e. The average Bonchev–Trinajstić information content (AvgIpc) is 2.40. The summed E-state index contributed by atoms with van der Waals surface area (Å²) in [5, 5.41) is 11.4. The monoisotopic (exact) mass is 441 g/mol. The van der Waals surface area contributed by atoms with E-state index in [-0.39, 0.29) is 29.7 Å². The van der Waals surface area contributed by atoms with Crippen molar-refractivity contribution in [1.29, 1.82) is 0 Å². The van der Waals surface area contributed by atoms with Crippen molar-refractivity contribution in [3.63, 3.8) is 0 Å². The lowest BCUT2D eigenvalue weighted by molar-refractivity contribution is 0.313. The Balaban J connectivity index is 3.19. The van der Waals surface area contributed by atoms with Crippen LogP contribution in [0, 0.1) is 0 Å². The second-order valence-corrected chi connectivity index (χ2v) is 8.25. The van der Waals surface area contributed by atoms with E-state index in [1.807, 2.05) is 0 Å². The van der Waals surface area contributed by atoms with Crippen molar-refractivity contribution in [2.75, 3.05) is 6.54 Å². The number of benzene rings is 1. The number of amidine groups is 1. The molecule has 0 aliphatic heterocycles. The lowest BCUT2D eigenvalue weighted by atomic mass is 10.3. The normalized spacial score (nSPS) is 13.1. The Bertz CT molecular complexity index is 633. The summed E-state index contributed by atoms with van der Waals surface area (Å²) in [6, 6.07) is 4.70. The van der Waals surface area contributed by atoms with Gasteiger partial charge in [-0.25, -0.2) is 8.42 Å². The van der Waals surface area contributed by atoms with Gasteiger partial charge >= 0.3 is 0 Å². The lowest BCUT2D eigenvalue weighted by Gasteiger charge is -2.26. The fourth-order valence-corrected chi connectivity index (χ4v) is 4.83. The van der Waals surface area contributed by atoms with Crippen LogP contribution in [0.15, 0.2) is 37.2 Å². The van der Waals surface area contributed by atoms with Crippen molar-refractivity contribution >= 4 is 47.7 Å². The molecule has 9 heteroatoms. The summed E-state index contributed by atoms with van der Waals surface area (Å²) >= 11 is 6.53. The van der Waals surface area contributed by atoms with Gasteiger partial charge in [0.05, 0.1) is 4.90 Å². The third kappa shape index (κ3) is 4.67. The van der Waals surface area contributed by atoms with E-state index >= 15 is 0 Å². The zero-order valence-corrected chi connectivity index (χ0v) is 15.6. The minimum Gasteiger partial charge on any atom is -0.409 e. The van der Waals surface area contributed by atoms with Crippen LogP contribution in [-0.4, -0.2) is 36.4 Å². The SMILES string of the molecule is CC(C)N(CCC(N)=NO)S(=O)(=O)c1cc(Br)ccc1Br. The van der Waals surface area contributed by atoms with Gasteiger partial charge in [-0.3, -0.25) is 0 Å². The van der Waals surface area contributed by atoms with Gasteiger partial charge in [-0.2, -0.15) is 4.31 Å². The van der Waals surface area contributed by atoms with Crippen LogP contribution in [0.4, 0.5) is 0 Å². The van der Waals surface area contributed by atoms with Crippen LogP contribution >= 0.6 is 31.9 Å². The first-order valence-corrected chi connectivity index (χ1v) is 9.16. The van der Waals surface area contributed by atoms with Crippen LogP contribution in [0.2, 0.25) is 0 Å². The van der Waals surface area contributed by atoms with Crippen LogP contribution in [0.1, 0.15) is 20.3 Å². The van der Waals surface area contributed by atoms with E-state index in [0.29, 0.717) is 8.95 Å². The van der Waals surface area contributed by atoms with Gasteiger partial charge in [0, 0.05) is 28.0 Å². The van der Waals surface area contributed by atoms with E-state index in [0.717, 1.165) is 0 Å². The molecule has 6 nitrogen and oxygen atoms in total. The maximum absolute atomic E-state index is 12.8. The molecule has 0 amide bonds. The van der Waals surface area contributed by atoms with Gasteiger partial charge in [-0.1, -0.05) is 21.1 Å². The van der Waals surface area contributed by atoms with E-state index in [9.17, 15) is 8.42 Å². The van der Waals surface area contributed by atoms with Gasteiger partial charge in [0.15, 0.2) is 0 Å². The Morgan fingerprint density at radius 3 is 2.57 bits per heavy atom. The summed E-state index contributed by atoms with van der Waals surface area (Å²) in [6.07, 6.45) is 0.152. The summed E-state index contributed by atoms with van der Waals surface area (Å²) in [5.41, 5.74) is 5.42. The van der Waals surface area contributed by atoms with E-state index < -0.39 is 10.0 Å².